The molecule has 1 saturated carbocycles. The van der Waals surface area contributed by atoms with Gasteiger partial charge in [0.1, 0.15) is 5.75 Å². The molecule has 0 spiro atoms. The molecule has 1 aliphatic carbocycles. The average molecular weight is 342 g/mol. The Morgan fingerprint density at radius 2 is 1.92 bits per heavy atom. The van der Waals surface area contributed by atoms with Gasteiger partial charge >= 0.3 is 6.36 Å². The zero-order valence-corrected chi connectivity index (χ0v) is 13.5. The standard InChI is InChI=1S/C17H21F3N2O2/c1-22(11-6-8-21-9-7-11)16(23)14-10-13(14)12-4-2-3-5-15(12)24-17(18,19)20/h2-5,11,13-14,21H,6-10H2,1H3/t13-,14+/m1/s1. The van der Waals surface area contributed by atoms with Gasteiger partial charge in [-0.2, -0.15) is 0 Å². The van der Waals surface area contributed by atoms with Crippen LogP contribution in [0.25, 0.3) is 0 Å². The van der Waals surface area contributed by atoms with Crippen LogP contribution in [0.2, 0.25) is 0 Å². The normalized spacial score (nSPS) is 24.5. The van der Waals surface area contributed by atoms with E-state index in [1.165, 1.54) is 12.1 Å². The zero-order chi connectivity index (χ0) is 17.3. The van der Waals surface area contributed by atoms with Gasteiger partial charge < -0.3 is 15.0 Å². The number of ether oxygens (including phenoxy) is 1. The van der Waals surface area contributed by atoms with E-state index < -0.39 is 6.36 Å². The Labute approximate surface area is 139 Å². The summed E-state index contributed by atoms with van der Waals surface area (Å²) in [6, 6.07) is 6.31. The van der Waals surface area contributed by atoms with Crippen LogP contribution in [0.3, 0.4) is 0 Å². The predicted molar refractivity (Wildman–Crippen MR) is 82.6 cm³/mol. The summed E-state index contributed by atoms with van der Waals surface area (Å²) in [7, 11) is 1.80. The van der Waals surface area contributed by atoms with E-state index in [4.69, 9.17) is 0 Å². The van der Waals surface area contributed by atoms with E-state index in [0.29, 0.717) is 12.0 Å². The van der Waals surface area contributed by atoms with Gasteiger partial charge in [-0.05, 0) is 49.9 Å². The fraction of sp³-hybridized carbons (Fsp3) is 0.588. The molecule has 2 fully saturated rings. The minimum absolute atomic E-state index is 0.0220. The second-order valence-electron chi connectivity index (χ2n) is 6.46. The molecular weight excluding hydrogens is 321 g/mol. The summed E-state index contributed by atoms with van der Waals surface area (Å²) in [5, 5.41) is 3.26. The fourth-order valence-corrected chi connectivity index (χ4v) is 3.45. The van der Waals surface area contributed by atoms with Crippen molar-refractivity contribution in [1.29, 1.82) is 0 Å². The number of hydrogen-bond acceptors (Lipinski definition) is 3. The quantitative estimate of drug-likeness (QED) is 0.915. The molecule has 1 heterocycles. The third-order valence-electron chi connectivity index (χ3n) is 4.86. The molecule has 7 heteroatoms. The van der Waals surface area contributed by atoms with Gasteiger partial charge in [-0.3, -0.25) is 4.79 Å². The van der Waals surface area contributed by atoms with Gasteiger partial charge in [-0.25, -0.2) is 0 Å². The first-order valence-corrected chi connectivity index (χ1v) is 8.19. The Morgan fingerprint density at radius 3 is 2.58 bits per heavy atom. The number of piperidine rings is 1. The number of rotatable bonds is 4. The highest BCUT2D eigenvalue weighted by Gasteiger charge is 2.48. The maximum atomic E-state index is 12.6. The third kappa shape index (κ3) is 3.83. The number of nitrogens with zero attached hydrogens (tertiary/aromatic N) is 1. The molecule has 1 aromatic rings. The van der Waals surface area contributed by atoms with Crippen molar-refractivity contribution in [3.8, 4) is 5.75 Å². The smallest absolute Gasteiger partial charge is 0.405 e. The maximum absolute atomic E-state index is 12.6. The summed E-state index contributed by atoms with van der Waals surface area (Å²) < 4.78 is 41.7. The van der Waals surface area contributed by atoms with Gasteiger partial charge in [0.2, 0.25) is 5.91 Å². The lowest BCUT2D eigenvalue weighted by Gasteiger charge is -2.32. The number of para-hydroxylation sites is 1. The summed E-state index contributed by atoms with van der Waals surface area (Å²) in [5.41, 5.74) is 0.465. The van der Waals surface area contributed by atoms with Crippen molar-refractivity contribution in [2.75, 3.05) is 20.1 Å². The van der Waals surface area contributed by atoms with E-state index in [0.717, 1.165) is 25.9 Å². The molecule has 1 aromatic carbocycles. The van der Waals surface area contributed by atoms with Crippen molar-refractivity contribution >= 4 is 5.91 Å². The molecule has 1 N–H and O–H groups in total. The van der Waals surface area contributed by atoms with E-state index >= 15 is 0 Å². The van der Waals surface area contributed by atoms with E-state index in [2.05, 4.69) is 10.1 Å². The lowest BCUT2D eigenvalue weighted by atomic mass is 10.0. The molecule has 1 amide bonds. The van der Waals surface area contributed by atoms with Crippen molar-refractivity contribution in [3.05, 3.63) is 29.8 Å². The van der Waals surface area contributed by atoms with Crippen molar-refractivity contribution in [2.24, 2.45) is 5.92 Å². The minimum Gasteiger partial charge on any atom is -0.405 e. The second kappa shape index (κ2) is 6.63. The second-order valence-corrected chi connectivity index (χ2v) is 6.46. The van der Waals surface area contributed by atoms with Gasteiger partial charge in [-0.1, -0.05) is 18.2 Å². The summed E-state index contributed by atoms with van der Waals surface area (Å²) in [4.78, 5) is 14.4. The minimum atomic E-state index is -4.73. The first-order valence-electron chi connectivity index (χ1n) is 8.19. The van der Waals surface area contributed by atoms with Crippen LogP contribution in [0.4, 0.5) is 13.2 Å². The number of carbonyl (C=O) groups excluding carboxylic acids is 1. The highest BCUT2D eigenvalue weighted by molar-refractivity contribution is 5.83. The van der Waals surface area contributed by atoms with E-state index in [1.54, 1.807) is 24.1 Å². The van der Waals surface area contributed by atoms with Crippen LogP contribution in [-0.4, -0.2) is 43.3 Å². The predicted octanol–water partition coefficient (Wildman–Crippen LogP) is 2.90. The maximum Gasteiger partial charge on any atom is 0.573 e. The van der Waals surface area contributed by atoms with Gasteiger partial charge in [0.05, 0.1) is 0 Å². The van der Waals surface area contributed by atoms with Gasteiger partial charge in [-0.15, -0.1) is 13.2 Å². The molecule has 0 aromatic heterocycles. The van der Waals surface area contributed by atoms with Crippen molar-refractivity contribution in [1.82, 2.24) is 10.2 Å². The summed E-state index contributed by atoms with van der Waals surface area (Å²) in [5.74, 6) is -0.619. The molecule has 132 valence electrons. The third-order valence-corrected chi connectivity index (χ3v) is 4.86. The molecule has 0 radical (unpaired) electrons. The summed E-state index contributed by atoms with van der Waals surface area (Å²) in [6.07, 6.45) is -2.33. The van der Waals surface area contributed by atoms with Crippen molar-refractivity contribution in [3.63, 3.8) is 0 Å². The van der Waals surface area contributed by atoms with Crippen LogP contribution in [-0.2, 0) is 4.79 Å². The Balaban J connectivity index is 1.67. The first-order chi connectivity index (χ1) is 11.4. The molecule has 24 heavy (non-hydrogen) atoms. The number of hydrogen-bond donors (Lipinski definition) is 1. The molecule has 4 nitrogen and oxygen atoms in total. The monoisotopic (exact) mass is 342 g/mol. The lowest BCUT2D eigenvalue weighted by molar-refractivity contribution is -0.274. The molecule has 2 aliphatic rings. The summed E-state index contributed by atoms with van der Waals surface area (Å²) in [6.45, 7) is 1.78. The van der Waals surface area contributed by atoms with E-state index in [-0.39, 0.29) is 29.5 Å². The molecular formula is C17H21F3N2O2. The fourth-order valence-electron chi connectivity index (χ4n) is 3.45. The van der Waals surface area contributed by atoms with Crippen LogP contribution in [0.15, 0.2) is 24.3 Å². The number of carbonyl (C=O) groups is 1. The number of amides is 1. The van der Waals surface area contributed by atoms with Crippen LogP contribution in [0.1, 0.15) is 30.7 Å². The highest BCUT2D eigenvalue weighted by atomic mass is 19.4. The van der Waals surface area contributed by atoms with Crippen LogP contribution in [0.5, 0.6) is 5.75 Å². The average Bonchev–Trinajstić information content (AvgIpc) is 3.34. The van der Waals surface area contributed by atoms with E-state index in [1.807, 2.05) is 0 Å². The van der Waals surface area contributed by atoms with Gasteiger partial charge in [0, 0.05) is 19.0 Å². The number of benzene rings is 1. The van der Waals surface area contributed by atoms with Crippen molar-refractivity contribution < 1.29 is 22.7 Å². The van der Waals surface area contributed by atoms with E-state index in [9.17, 15) is 18.0 Å². The Bertz CT molecular complexity index is 600. The lowest BCUT2D eigenvalue weighted by Crippen LogP contribution is -2.44. The number of halogens is 3. The molecule has 1 aliphatic heterocycles. The number of alkyl halides is 3. The molecule has 1 saturated heterocycles. The van der Waals surface area contributed by atoms with Gasteiger partial charge in [0.15, 0.2) is 0 Å². The van der Waals surface area contributed by atoms with Crippen molar-refractivity contribution in [2.45, 2.75) is 37.6 Å². The molecule has 0 unspecified atom stereocenters. The van der Waals surface area contributed by atoms with Crippen LogP contribution in [0, 0.1) is 5.92 Å². The van der Waals surface area contributed by atoms with Gasteiger partial charge in [0.25, 0.3) is 0 Å². The van der Waals surface area contributed by atoms with Crippen LogP contribution >= 0.6 is 0 Å². The topological polar surface area (TPSA) is 41.6 Å². The summed E-state index contributed by atoms with van der Waals surface area (Å²) >= 11 is 0. The molecule has 0 bridgehead atoms. The molecule has 3 rings (SSSR count). The highest BCUT2D eigenvalue weighted by Crippen LogP contribution is 2.51. The SMILES string of the molecule is CN(C(=O)[C@H]1C[C@@H]1c1ccccc1OC(F)(F)F)C1CCNCC1. The Hall–Kier alpha value is -1.76. The van der Waals surface area contributed by atoms with Crippen LogP contribution < -0.4 is 10.1 Å². The largest absolute Gasteiger partial charge is 0.573 e. The Kier molecular flexibility index (Phi) is 4.71. The first kappa shape index (κ1) is 17.1. The molecule has 2 atom stereocenters. The number of nitrogens with one attached hydrogen (secondary N) is 1. The Morgan fingerprint density at radius 1 is 1.25 bits per heavy atom. The zero-order valence-electron chi connectivity index (χ0n) is 13.5.